The number of hydrogen-bond acceptors (Lipinski definition) is 4. The maximum Gasteiger partial charge on any atom is 0.220 e. The Hall–Kier alpha value is -1.37. The number of carbonyl (C=O) groups excluding carboxylic acids is 1. The Morgan fingerprint density at radius 3 is 2.86 bits per heavy atom. The molecule has 1 amide bonds. The number of amides is 1. The highest BCUT2D eigenvalue weighted by molar-refractivity contribution is 7.16. The number of nitrogens with one attached hydrogen (secondary N) is 2. The summed E-state index contributed by atoms with van der Waals surface area (Å²) in [5.41, 5.74) is 3.00. The normalized spacial score (nSPS) is 12.4. The average molecular weight is 328 g/mol. The maximum absolute atomic E-state index is 11.8. The summed E-state index contributed by atoms with van der Waals surface area (Å²) in [6, 6.07) is 3.50. The molecule has 3 N–H and O–H groups in total. The maximum atomic E-state index is 11.8. The van der Waals surface area contributed by atoms with Crippen LogP contribution in [0.15, 0.2) is 12.1 Å². The Morgan fingerprint density at radius 2 is 2.29 bits per heavy atom. The Labute approximate surface area is 132 Å². The van der Waals surface area contributed by atoms with Gasteiger partial charge in [-0.25, -0.2) is 0 Å². The van der Waals surface area contributed by atoms with Gasteiger partial charge < -0.3 is 10.4 Å². The van der Waals surface area contributed by atoms with E-state index in [1.54, 1.807) is 12.1 Å². The third-order valence-corrected chi connectivity index (χ3v) is 4.63. The molecule has 0 aliphatic carbocycles. The molecule has 0 spiro atoms. The van der Waals surface area contributed by atoms with Gasteiger partial charge in [0.2, 0.25) is 5.91 Å². The van der Waals surface area contributed by atoms with Gasteiger partial charge in [0.1, 0.15) is 6.10 Å². The lowest BCUT2D eigenvalue weighted by Crippen LogP contribution is -2.28. The second kappa shape index (κ2) is 7.06. The molecule has 5 nitrogen and oxygen atoms in total. The molecule has 0 radical (unpaired) electrons. The molecule has 0 saturated carbocycles. The topological polar surface area (TPSA) is 78.0 Å². The van der Waals surface area contributed by atoms with E-state index in [0.717, 1.165) is 21.8 Å². The number of aryl methyl sites for hydroxylation is 2. The van der Waals surface area contributed by atoms with Crippen molar-refractivity contribution < 1.29 is 9.90 Å². The van der Waals surface area contributed by atoms with Crippen molar-refractivity contribution in [2.45, 2.75) is 32.8 Å². The first-order chi connectivity index (χ1) is 9.97. The molecule has 0 fully saturated rings. The van der Waals surface area contributed by atoms with Crippen LogP contribution >= 0.6 is 22.9 Å². The molecular formula is C14H18ClN3O2S. The smallest absolute Gasteiger partial charge is 0.220 e. The van der Waals surface area contributed by atoms with Gasteiger partial charge in [0.25, 0.3) is 0 Å². The Morgan fingerprint density at radius 1 is 1.52 bits per heavy atom. The number of aromatic amines is 1. The first-order valence-corrected chi connectivity index (χ1v) is 7.87. The van der Waals surface area contributed by atoms with Gasteiger partial charge in [0.05, 0.1) is 10.0 Å². The molecule has 0 bridgehead atoms. The minimum Gasteiger partial charge on any atom is -0.386 e. The third kappa shape index (κ3) is 4.30. The van der Waals surface area contributed by atoms with Crippen molar-refractivity contribution in [1.82, 2.24) is 15.5 Å². The monoisotopic (exact) mass is 327 g/mol. The fraction of sp³-hybridized carbons (Fsp3) is 0.429. The van der Waals surface area contributed by atoms with Crippen molar-refractivity contribution in [3.05, 3.63) is 38.3 Å². The molecule has 2 rings (SSSR count). The van der Waals surface area contributed by atoms with Gasteiger partial charge in [-0.15, -0.1) is 11.3 Å². The number of hydrogen-bond donors (Lipinski definition) is 3. The van der Waals surface area contributed by atoms with Crippen LogP contribution in [0.5, 0.6) is 0 Å². The van der Waals surface area contributed by atoms with Crippen LogP contribution in [0.4, 0.5) is 0 Å². The summed E-state index contributed by atoms with van der Waals surface area (Å²) in [7, 11) is 0. The lowest BCUT2D eigenvalue weighted by atomic mass is 10.1. The van der Waals surface area contributed by atoms with Crippen molar-refractivity contribution in [2.24, 2.45) is 0 Å². The zero-order chi connectivity index (χ0) is 15.4. The summed E-state index contributed by atoms with van der Waals surface area (Å²) in [5.74, 6) is -0.0864. The lowest BCUT2D eigenvalue weighted by molar-refractivity contribution is -0.121. The SMILES string of the molecule is Cc1n[nH]c(C)c1CCC(=O)NCC(O)c1ccc(Cl)s1. The quantitative estimate of drug-likeness (QED) is 0.763. The number of rotatable bonds is 6. The number of aliphatic hydroxyl groups excluding tert-OH is 1. The number of thiophene rings is 1. The van der Waals surface area contributed by atoms with Crippen LogP contribution in [0.25, 0.3) is 0 Å². The molecular weight excluding hydrogens is 310 g/mol. The summed E-state index contributed by atoms with van der Waals surface area (Å²) in [5, 5.41) is 19.7. The second-order valence-electron chi connectivity index (χ2n) is 4.87. The van der Waals surface area contributed by atoms with Crippen LogP contribution in [0, 0.1) is 13.8 Å². The summed E-state index contributed by atoms with van der Waals surface area (Å²) >= 11 is 7.13. The highest BCUT2D eigenvalue weighted by Gasteiger charge is 2.13. The van der Waals surface area contributed by atoms with Crippen LogP contribution in [-0.2, 0) is 11.2 Å². The number of aliphatic hydroxyl groups is 1. The Balaban J connectivity index is 1.77. The summed E-state index contributed by atoms with van der Waals surface area (Å²) in [4.78, 5) is 12.6. The van der Waals surface area contributed by atoms with E-state index in [1.807, 2.05) is 13.8 Å². The van der Waals surface area contributed by atoms with Gasteiger partial charge in [-0.2, -0.15) is 5.10 Å². The number of H-pyrrole nitrogens is 1. The van der Waals surface area contributed by atoms with Gasteiger partial charge in [0.15, 0.2) is 0 Å². The van der Waals surface area contributed by atoms with Gasteiger partial charge >= 0.3 is 0 Å². The molecule has 7 heteroatoms. The fourth-order valence-electron chi connectivity index (χ4n) is 2.09. The van der Waals surface area contributed by atoms with E-state index < -0.39 is 6.10 Å². The molecule has 0 aliphatic rings. The molecule has 0 saturated heterocycles. The first-order valence-electron chi connectivity index (χ1n) is 6.68. The number of aromatic nitrogens is 2. The van der Waals surface area contributed by atoms with E-state index in [4.69, 9.17) is 11.6 Å². The first kappa shape index (κ1) is 16.0. The van der Waals surface area contributed by atoms with E-state index in [1.165, 1.54) is 11.3 Å². The van der Waals surface area contributed by atoms with Gasteiger partial charge in [0, 0.05) is 23.5 Å². The van der Waals surface area contributed by atoms with Crippen molar-refractivity contribution in [2.75, 3.05) is 6.54 Å². The summed E-state index contributed by atoms with van der Waals surface area (Å²) in [6.07, 6.45) is 0.295. The Kier molecular flexibility index (Phi) is 5.39. The van der Waals surface area contributed by atoms with Crippen LogP contribution in [0.3, 0.4) is 0 Å². The summed E-state index contributed by atoms with van der Waals surface area (Å²) < 4.78 is 0.626. The van der Waals surface area contributed by atoms with Gasteiger partial charge in [-0.3, -0.25) is 9.89 Å². The van der Waals surface area contributed by atoms with Crippen LogP contribution < -0.4 is 5.32 Å². The van der Waals surface area contributed by atoms with E-state index >= 15 is 0 Å². The zero-order valence-electron chi connectivity index (χ0n) is 11.9. The molecule has 1 unspecified atom stereocenters. The highest BCUT2D eigenvalue weighted by atomic mass is 35.5. The lowest BCUT2D eigenvalue weighted by Gasteiger charge is -2.10. The fourth-order valence-corrected chi connectivity index (χ4v) is 3.13. The van der Waals surface area contributed by atoms with Crippen LogP contribution in [-0.4, -0.2) is 27.8 Å². The molecule has 21 heavy (non-hydrogen) atoms. The van der Waals surface area contributed by atoms with Crippen molar-refractivity contribution in [3.63, 3.8) is 0 Å². The number of halogens is 1. The van der Waals surface area contributed by atoms with Crippen molar-refractivity contribution >= 4 is 28.8 Å². The van der Waals surface area contributed by atoms with Gasteiger partial charge in [-0.05, 0) is 38.0 Å². The van der Waals surface area contributed by atoms with E-state index in [9.17, 15) is 9.90 Å². The molecule has 0 aliphatic heterocycles. The van der Waals surface area contributed by atoms with E-state index in [-0.39, 0.29) is 12.5 Å². The van der Waals surface area contributed by atoms with Crippen LogP contribution in [0.1, 0.15) is 34.4 Å². The molecule has 2 aromatic rings. The molecule has 0 aromatic carbocycles. The van der Waals surface area contributed by atoms with E-state index in [2.05, 4.69) is 15.5 Å². The predicted molar refractivity (Wildman–Crippen MR) is 83.7 cm³/mol. The van der Waals surface area contributed by atoms with E-state index in [0.29, 0.717) is 17.2 Å². The minimum atomic E-state index is -0.719. The van der Waals surface area contributed by atoms with Crippen molar-refractivity contribution in [1.29, 1.82) is 0 Å². The molecule has 2 aromatic heterocycles. The molecule has 1 atom stereocenters. The average Bonchev–Trinajstić information content (AvgIpc) is 3.01. The highest BCUT2D eigenvalue weighted by Crippen LogP contribution is 2.26. The number of carbonyl (C=O) groups is 1. The van der Waals surface area contributed by atoms with Crippen LogP contribution in [0.2, 0.25) is 4.34 Å². The second-order valence-corrected chi connectivity index (χ2v) is 6.62. The van der Waals surface area contributed by atoms with Gasteiger partial charge in [-0.1, -0.05) is 11.6 Å². The predicted octanol–water partition coefficient (Wildman–Crippen LogP) is 2.52. The minimum absolute atomic E-state index is 0.0864. The zero-order valence-corrected chi connectivity index (χ0v) is 13.5. The number of nitrogens with zero attached hydrogens (tertiary/aromatic N) is 1. The largest absolute Gasteiger partial charge is 0.386 e. The van der Waals surface area contributed by atoms with Crippen molar-refractivity contribution in [3.8, 4) is 0 Å². The third-order valence-electron chi connectivity index (χ3n) is 3.30. The molecule has 2 heterocycles. The molecule has 114 valence electrons. The summed E-state index contributed by atoms with van der Waals surface area (Å²) in [6.45, 7) is 4.05. The Bertz CT molecular complexity index is 604. The standard InChI is InChI=1S/C14H18ClN3O2S/c1-8-10(9(2)18-17-8)3-6-14(20)16-7-11(19)12-4-5-13(15)21-12/h4-5,11,19H,3,6-7H2,1-2H3,(H,16,20)(H,17,18).